The van der Waals surface area contributed by atoms with Crippen molar-refractivity contribution in [3.63, 3.8) is 0 Å². The standard InChI is InChI=1S/C15H23N3.CH3NS/c1-11-9-15(10-11,14(16)18(3)4)12-6-5-7-13(8-12)17-2;2-1-3/h5-8,11,16-17H,9-10H2,1-4H3;1H,(H2,2,3). The minimum Gasteiger partial charge on any atom is -0.396 e. The zero-order chi connectivity index (χ0) is 16.0. The number of anilines is 1. The van der Waals surface area contributed by atoms with Crippen molar-refractivity contribution >= 4 is 29.2 Å². The highest BCUT2D eigenvalue weighted by Gasteiger charge is 2.47. The Morgan fingerprint density at radius 1 is 1.48 bits per heavy atom. The van der Waals surface area contributed by atoms with Crippen LogP contribution in [0.15, 0.2) is 24.3 Å². The molecule has 1 saturated carbocycles. The third-order valence-electron chi connectivity index (χ3n) is 4.00. The lowest BCUT2D eigenvalue weighted by Crippen LogP contribution is -2.51. The van der Waals surface area contributed by atoms with Gasteiger partial charge in [0.25, 0.3) is 0 Å². The van der Waals surface area contributed by atoms with E-state index in [0.29, 0.717) is 5.92 Å². The molecule has 1 aromatic rings. The summed E-state index contributed by atoms with van der Waals surface area (Å²) in [7, 11) is 5.87. The molecule has 0 saturated heterocycles. The number of thiocarbonyl (C=S) groups is 1. The molecule has 4 N–H and O–H groups in total. The van der Waals surface area contributed by atoms with Gasteiger partial charge in [0.2, 0.25) is 0 Å². The number of nitrogens with two attached hydrogens (primary N) is 1. The number of benzene rings is 1. The van der Waals surface area contributed by atoms with Crippen LogP contribution in [0.3, 0.4) is 0 Å². The first-order valence-corrected chi connectivity index (χ1v) is 7.58. The predicted molar refractivity (Wildman–Crippen MR) is 95.3 cm³/mol. The van der Waals surface area contributed by atoms with Crippen molar-refractivity contribution < 1.29 is 0 Å². The Hall–Kier alpha value is -1.62. The SMILES string of the molecule is CNc1cccc(C2(C(=N)N(C)C)CC(C)C2)c1.NC=S. The Morgan fingerprint density at radius 3 is 2.48 bits per heavy atom. The smallest absolute Gasteiger partial charge is 0.106 e. The van der Waals surface area contributed by atoms with Crippen LogP contribution >= 0.6 is 12.2 Å². The van der Waals surface area contributed by atoms with Gasteiger partial charge in [0.15, 0.2) is 0 Å². The van der Waals surface area contributed by atoms with Crippen molar-refractivity contribution in [3.05, 3.63) is 29.8 Å². The summed E-state index contributed by atoms with van der Waals surface area (Å²) in [5, 5.41) is 11.6. The summed E-state index contributed by atoms with van der Waals surface area (Å²) >= 11 is 4.05. The lowest BCUT2D eigenvalue weighted by Gasteiger charge is -2.49. The molecule has 116 valence electrons. The average molecular weight is 306 g/mol. The highest BCUT2D eigenvalue weighted by atomic mass is 32.1. The van der Waals surface area contributed by atoms with Gasteiger partial charge in [-0.05, 0) is 36.5 Å². The maximum Gasteiger partial charge on any atom is 0.106 e. The van der Waals surface area contributed by atoms with Crippen molar-refractivity contribution in [1.29, 1.82) is 5.41 Å². The quantitative estimate of drug-likeness (QED) is 0.456. The maximum absolute atomic E-state index is 8.41. The van der Waals surface area contributed by atoms with E-state index in [0.717, 1.165) is 29.9 Å². The van der Waals surface area contributed by atoms with Gasteiger partial charge in [-0.1, -0.05) is 31.3 Å². The third-order valence-corrected chi connectivity index (χ3v) is 4.00. The largest absolute Gasteiger partial charge is 0.396 e. The molecule has 0 bridgehead atoms. The fourth-order valence-corrected chi connectivity index (χ4v) is 3.10. The van der Waals surface area contributed by atoms with E-state index in [1.54, 1.807) is 0 Å². The van der Waals surface area contributed by atoms with E-state index in [2.05, 4.69) is 54.5 Å². The van der Waals surface area contributed by atoms with E-state index in [1.807, 2.05) is 26.0 Å². The summed E-state index contributed by atoms with van der Waals surface area (Å²) in [5.74, 6) is 1.44. The van der Waals surface area contributed by atoms with E-state index in [-0.39, 0.29) is 5.41 Å². The van der Waals surface area contributed by atoms with Crippen molar-refractivity contribution in [3.8, 4) is 0 Å². The van der Waals surface area contributed by atoms with Crippen LogP contribution in [0, 0.1) is 11.3 Å². The summed E-state index contributed by atoms with van der Waals surface area (Å²) in [6.45, 7) is 2.27. The second-order valence-corrected chi connectivity index (χ2v) is 6.08. The molecule has 0 amide bonds. The molecule has 1 fully saturated rings. The Morgan fingerprint density at radius 2 is 2.05 bits per heavy atom. The highest BCUT2D eigenvalue weighted by molar-refractivity contribution is 7.78. The van der Waals surface area contributed by atoms with Gasteiger partial charge in [-0.3, -0.25) is 5.41 Å². The first-order valence-electron chi connectivity index (χ1n) is 7.11. The Bertz CT molecular complexity index is 493. The van der Waals surface area contributed by atoms with E-state index < -0.39 is 0 Å². The van der Waals surface area contributed by atoms with Crippen LogP contribution in [0.25, 0.3) is 0 Å². The van der Waals surface area contributed by atoms with Crippen molar-refractivity contribution in [2.24, 2.45) is 11.7 Å². The van der Waals surface area contributed by atoms with Gasteiger partial charge in [0.1, 0.15) is 5.84 Å². The summed E-state index contributed by atoms with van der Waals surface area (Å²) in [4.78, 5) is 1.94. The van der Waals surface area contributed by atoms with Crippen molar-refractivity contribution in [2.45, 2.75) is 25.2 Å². The molecular weight excluding hydrogens is 280 g/mol. The van der Waals surface area contributed by atoms with Gasteiger partial charge >= 0.3 is 0 Å². The number of hydrogen-bond donors (Lipinski definition) is 3. The fourth-order valence-electron chi connectivity index (χ4n) is 3.10. The lowest BCUT2D eigenvalue weighted by molar-refractivity contribution is 0.213. The number of likely N-dealkylation sites (N-methyl/N-ethyl adjacent to an activating group) is 1. The molecule has 0 spiro atoms. The molecule has 1 aliphatic carbocycles. The number of nitrogens with one attached hydrogen (secondary N) is 2. The molecule has 0 aliphatic heterocycles. The van der Waals surface area contributed by atoms with Gasteiger partial charge in [-0.15, -0.1) is 0 Å². The molecular formula is C16H26N4S. The van der Waals surface area contributed by atoms with Gasteiger partial charge in [-0.2, -0.15) is 0 Å². The van der Waals surface area contributed by atoms with Gasteiger partial charge in [0.05, 0.1) is 10.9 Å². The monoisotopic (exact) mass is 306 g/mol. The third kappa shape index (κ3) is 3.73. The van der Waals surface area contributed by atoms with E-state index in [4.69, 9.17) is 5.41 Å². The van der Waals surface area contributed by atoms with Crippen LogP contribution in [0.2, 0.25) is 0 Å². The zero-order valence-corrected chi connectivity index (χ0v) is 14.1. The molecule has 0 heterocycles. The predicted octanol–water partition coefficient (Wildman–Crippen LogP) is 2.84. The fraction of sp³-hybridized carbons (Fsp3) is 0.500. The molecule has 4 nitrogen and oxygen atoms in total. The zero-order valence-electron chi connectivity index (χ0n) is 13.3. The van der Waals surface area contributed by atoms with Crippen LogP contribution < -0.4 is 11.1 Å². The van der Waals surface area contributed by atoms with Gasteiger partial charge in [-0.25, -0.2) is 0 Å². The molecule has 5 heteroatoms. The van der Waals surface area contributed by atoms with E-state index in [1.165, 1.54) is 5.56 Å². The van der Waals surface area contributed by atoms with E-state index >= 15 is 0 Å². The van der Waals surface area contributed by atoms with Crippen LogP contribution in [-0.4, -0.2) is 37.4 Å². The minimum absolute atomic E-state index is 0.0736. The molecule has 1 aliphatic rings. The minimum atomic E-state index is -0.0736. The Balaban J connectivity index is 0.000000677. The number of rotatable bonds is 3. The molecule has 0 aromatic heterocycles. The van der Waals surface area contributed by atoms with Crippen LogP contribution in [0.5, 0.6) is 0 Å². The first kappa shape index (κ1) is 17.4. The Labute approximate surface area is 133 Å². The summed E-state index contributed by atoms with van der Waals surface area (Å²) in [6.07, 6.45) is 2.16. The normalized spacial score (nSPS) is 23.1. The summed E-state index contributed by atoms with van der Waals surface area (Å²) in [6, 6.07) is 8.49. The highest BCUT2D eigenvalue weighted by Crippen LogP contribution is 2.49. The van der Waals surface area contributed by atoms with E-state index in [9.17, 15) is 0 Å². The second kappa shape index (κ2) is 7.41. The van der Waals surface area contributed by atoms with Crippen molar-refractivity contribution in [1.82, 2.24) is 4.90 Å². The first-order chi connectivity index (χ1) is 9.91. The molecule has 0 radical (unpaired) electrons. The number of hydrogen-bond acceptors (Lipinski definition) is 3. The molecule has 0 atom stereocenters. The molecule has 2 rings (SSSR count). The summed E-state index contributed by atoms with van der Waals surface area (Å²) < 4.78 is 0. The van der Waals surface area contributed by atoms with Gasteiger partial charge < -0.3 is 16.0 Å². The van der Waals surface area contributed by atoms with Crippen molar-refractivity contribution in [2.75, 3.05) is 26.5 Å². The lowest BCUT2D eigenvalue weighted by atomic mass is 9.58. The topological polar surface area (TPSA) is 65.1 Å². The van der Waals surface area contributed by atoms with Gasteiger partial charge in [0, 0.05) is 26.8 Å². The number of nitrogens with zero attached hydrogens (tertiary/aromatic N) is 1. The molecule has 21 heavy (non-hydrogen) atoms. The average Bonchev–Trinajstić information content (AvgIpc) is 2.43. The maximum atomic E-state index is 8.41. The molecule has 0 unspecified atom stereocenters. The molecule has 1 aromatic carbocycles. The van der Waals surface area contributed by atoms with Crippen LogP contribution in [-0.2, 0) is 5.41 Å². The second-order valence-electron chi connectivity index (χ2n) is 5.81. The van der Waals surface area contributed by atoms with Crippen LogP contribution in [0.4, 0.5) is 5.69 Å². The Kier molecular flexibility index (Phi) is 6.15. The summed E-state index contributed by atoms with van der Waals surface area (Å²) in [5.41, 5.74) is 7.94. The number of amidine groups is 1. The van der Waals surface area contributed by atoms with Crippen LogP contribution in [0.1, 0.15) is 25.3 Å².